The van der Waals surface area contributed by atoms with E-state index in [4.69, 9.17) is 10.8 Å². The molecule has 0 amide bonds. The molecule has 0 aromatic rings. The average Bonchev–Trinajstić information content (AvgIpc) is 2.74. The molecule has 0 saturated carbocycles. The van der Waals surface area contributed by atoms with Gasteiger partial charge >= 0.3 is 5.97 Å². The number of rotatable bonds is 7. The van der Waals surface area contributed by atoms with Crippen LogP contribution >= 0.6 is 0 Å². The maximum Gasteiger partial charge on any atom is 0.325 e. The molecule has 0 aliphatic carbocycles. The third kappa shape index (κ3) is 3.44. The lowest BCUT2D eigenvalue weighted by Crippen LogP contribution is -2.52. The molecule has 1 aliphatic rings. The molecule has 0 aromatic heterocycles. The summed E-state index contributed by atoms with van der Waals surface area (Å²) in [7, 11) is -3.61. The fourth-order valence-corrected chi connectivity index (χ4v) is 4.04. The van der Waals surface area contributed by atoms with Crippen LogP contribution in [0.4, 0.5) is 0 Å². The van der Waals surface area contributed by atoms with Crippen LogP contribution in [-0.2, 0) is 15.0 Å². The molecule has 0 aromatic carbocycles. The van der Waals surface area contributed by atoms with Crippen LogP contribution in [0.1, 0.15) is 33.1 Å². The smallest absolute Gasteiger partial charge is 0.325 e. The number of carboxylic acid groups (broad SMARTS) is 1. The van der Waals surface area contributed by atoms with E-state index in [1.165, 1.54) is 8.61 Å². The molecule has 1 atom stereocenters. The van der Waals surface area contributed by atoms with Gasteiger partial charge in [0.25, 0.3) is 10.2 Å². The molecule has 1 aliphatic heterocycles. The van der Waals surface area contributed by atoms with E-state index in [1.807, 2.05) is 13.8 Å². The highest BCUT2D eigenvalue weighted by atomic mass is 32.2. The summed E-state index contributed by atoms with van der Waals surface area (Å²) < 4.78 is 27.4. The summed E-state index contributed by atoms with van der Waals surface area (Å²) in [5.41, 5.74) is 4.25. The Balaban J connectivity index is 2.86. The SMILES string of the molecule is CCCN(CCC)S(=O)(=O)N1CCC(N)(C(=O)O)C1. The van der Waals surface area contributed by atoms with E-state index in [0.29, 0.717) is 13.1 Å². The summed E-state index contributed by atoms with van der Waals surface area (Å²) in [5.74, 6) is -1.15. The largest absolute Gasteiger partial charge is 0.480 e. The van der Waals surface area contributed by atoms with Gasteiger partial charge < -0.3 is 10.8 Å². The lowest BCUT2D eigenvalue weighted by atomic mass is 10.0. The highest BCUT2D eigenvalue weighted by Crippen LogP contribution is 2.24. The molecular weight excluding hydrogens is 270 g/mol. The molecule has 1 saturated heterocycles. The minimum Gasteiger partial charge on any atom is -0.480 e. The predicted molar refractivity (Wildman–Crippen MR) is 71.8 cm³/mol. The van der Waals surface area contributed by atoms with Crippen molar-refractivity contribution in [1.82, 2.24) is 8.61 Å². The van der Waals surface area contributed by atoms with Crippen LogP contribution in [0.25, 0.3) is 0 Å². The van der Waals surface area contributed by atoms with Gasteiger partial charge in [0, 0.05) is 26.2 Å². The summed E-state index contributed by atoms with van der Waals surface area (Å²) in [5, 5.41) is 9.04. The number of nitrogens with two attached hydrogens (primary N) is 1. The molecule has 1 fully saturated rings. The van der Waals surface area contributed by atoms with E-state index < -0.39 is 21.7 Å². The minimum atomic E-state index is -3.61. The third-order valence-corrected chi connectivity index (χ3v) is 5.27. The highest BCUT2D eigenvalue weighted by molar-refractivity contribution is 7.86. The molecule has 1 heterocycles. The summed E-state index contributed by atoms with van der Waals surface area (Å²) in [4.78, 5) is 11.1. The molecule has 0 radical (unpaired) electrons. The van der Waals surface area contributed by atoms with Crippen LogP contribution in [0.3, 0.4) is 0 Å². The van der Waals surface area contributed by atoms with Gasteiger partial charge in [-0.25, -0.2) is 0 Å². The molecule has 1 unspecified atom stereocenters. The van der Waals surface area contributed by atoms with Crippen molar-refractivity contribution >= 4 is 16.2 Å². The van der Waals surface area contributed by atoms with Gasteiger partial charge in [-0.15, -0.1) is 0 Å². The molecule has 8 heteroatoms. The van der Waals surface area contributed by atoms with Gasteiger partial charge in [0.2, 0.25) is 0 Å². The average molecular weight is 293 g/mol. The van der Waals surface area contributed by atoms with Crippen LogP contribution in [0, 0.1) is 0 Å². The second kappa shape index (κ2) is 6.17. The van der Waals surface area contributed by atoms with Crippen molar-refractivity contribution in [3.05, 3.63) is 0 Å². The Morgan fingerprint density at radius 3 is 2.26 bits per heavy atom. The number of hydrogen-bond donors (Lipinski definition) is 2. The fourth-order valence-electron chi connectivity index (χ4n) is 2.17. The van der Waals surface area contributed by atoms with Gasteiger partial charge in [-0.05, 0) is 19.3 Å². The zero-order chi connectivity index (χ0) is 14.7. The Morgan fingerprint density at radius 2 is 1.89 bits per heavy atom. The van der Waals surface area contributed by atoms with Gasteiger partial charge in [0.1, 0.15) is 5.54 Å². The van der Waals surface area contributed by atoms with Crippen molar-refractivity contribution in [3.8, 4) is 0 Å². The maximum atomic E-state index is 12.4. The van der Waals surface area contributed by atoms with Gasteiger partial charge in [0.15, 0.2) is 0 Å². The van der Waals surface area contributed by atoms with Crippen molar-refractivity contribution in [2.75, 3.05) is 26.2 Å². The first-order chi connectivity index (χ1) is 8.78. The number of hydrogen-bond acceptors (Lipinski definition) is 4. The van der Waals surface area contributed by atoms with Crippen molar-refractivity contribution in [1.29, 1.82) is 0 Å². The first kappa shape index (κ1) is 16.4. The number of aliphatic carboxylic acids is 1. The van der Waals surface area contributed by atoms with E-state index in [9.17, 15) is 13.2 Å². The maximum absolute atomic E-state index is 12.4. The van der Waals surface area contributed by atoms with Crippen LogP contribution in [0.2, 0.25) is 0 Å². The van der Waals surface area contributed by atoms with E-state index in [1.54, 1.807) is 0 Å². The van der Waals surface area contributed by atoms with Gasteiger partial charge in [-0.2, -0.15) is 17.0 Å². The molecule has 7 nitrogen and oxygen atoms in total. The Labute approximate surface area is 114 Å². The summed E-state index contributed by atoms with van der Waals surface area (Å²) in [6.45, 7) is 4.71. The number of nitrogens with zero attached hydrogens (tertiary/aromatic N) is 2. The second-order valence-corrected chi connectivity index (χ2v) is 6.88. The minimum absolute atomic E-state index is 0.146. The van der Waals surface area contributed by atoms with Gasteiger partial charge in [0.05, 0.1) is 0 Å². The Hall–Kier alpha value is -0.700. The molecule has 0 bridgehead atoms. The molecule has 3 N–H and O–H groups in total. The highest BCUT2D eigenvalue weighted by Gasteiger charge is 2.46. The van der Waals surface area contributed by atoms with Crippen molar-refractivity contribution in [2.24, 2.45) is 5.73 Å². The zero-order valence-electron chi connectivity index (χ0n) is 11.5. The standard InChI is InChI=1S/C11H23N3O4S/c1-3-6-13(7-4-2)19(17,18)14-8-5-11(12,9-14)10(15)16/h3-9,12H2,1-2H3,(H,15,16). The Morgan fingerprint density at radius 1 is 1.37 bits per heavy atom. The summed E-state index contributed by atoms with van der Waals surface area (Å²) >= 11 is 0. The van der Waals surface area contributed by atoms with Crippen LogP contribution < -0.4 is 5.73 Å². The molecule has 1 rings (SSSR count). The van der Waals surface area contributed by atoms with E-state index >= 15 is 0 Å². The van der Waals surface area contributed by atoms with Crippen LogP contribution in [0.5, 0.6) is 0 Å². The number of carboxylic acids is 1. The van der Waals surface area contributed by atoms with Gasteiger partial charge in [-0.3, -0.25) is 4.79 Å². The monoisotopic (exact) mass is 293 g/mol. The lowest BCUT2D eigenvalue weighted by molar-refractivity contribution is -0.142. The van der Waals surface area contributed by atoms with Crippen LogP contribution in [-0.4, -0.2) is 59.8 Å². The summed E-state index contributed by atoms with van der Waals surface area (Å²) in [6, 6.07) is 0. The van der Waals surface area contributed by atoms with Crippen molar-refractivity contribution in [2.45, 2.75) is 38.6 Å². The predicted octanol–water partition coefficient (Wildman–Crippen LogP) is -0.159. The lowest BCUT2D eigenvalue weighted by Gasteiger charge is -2.27. The molecular formula is C11H23N3O4S. The normalized spacial score (nSPS) is 25.1. The van der Waals surface area contributed by atoms with Gasteiger partial charge in [-0.1, -0.05) is 13.8 Å². The molecule has 112 valence electrons. The topological polar surface area (TPSA) is 104 Å². The Bertz CT molecular complexity index is 420. The quantitative estimate of drug-likeness (QED) is 0.679. The van der Waals surface area contributed by atoms with Crippen molar-refractivity contribution in [3.63, 3.8) is 0 Å². The third-order valence-electron chi connectivity index (χ3n) is 3.29. The van der Waals surface area contributed by atoms with E-state index in [-0.39, 0.29) is 19.5 Å². The van der Waals surface area contributed by atoms with Crippen molar-refractivity contribution < 1.29 is 18.3 Å². The first-order valence-electron chi connectivity index (χ1n) is 6.55. The summed E-state index contributed by atoms with van der Waals surface area (Å²) in [6.07, 6.45) is 1.59. The molecule has 19 heavy (non-hydrogen) atoms. The zero-order valence-corrected chi connectivity index (χ0v) is 12.3. The molecule has 0 spiro atoms. The fraction of sp³-hybridized carbons (Fsp3) is 0.909. The second-order valence-electron chi connectivity index (χ2n) is 4.95. The number of carbonyl (C=O) groups is 1. The first-order valence-corrected chi connectivity index (χ1v) is 7.95. The Kier molecular flexibility index (Phi) is 5.31. The van der Waals surface area contributed by atoms with E-state index in [2.05, 4.69) is 0 Å². The van der Waals surface area contributed by atoms with E-state index in [0.717, 1.165) is 12.8 Å². The van der Waals surface area contributed by atoms with Crippen LogP contribution in [0.15, 0.2) is 0 Å².